The molecule has 3 nitrogen and oxygen atoms in total. The van der Waals surface area contributed by atoms with E-state index in [0.29, 0.717) is 22.0 Å². The summed E-state index contributed by atoms with van der Waals surface area (Å²) in [5.74, 6) is 0.262. The van der Waals surface area contributed by atoms with Gasteiger partial charge in [-0.1, -0.05) is 17.7 Å². The van der Waals surface area contributed by atoms with E-state index < -0.39 is 0 Å². The van der Waals surface area contributed by atoms with Gasteiger partial charge in [0.2, 0.25) is 5.95 Å². The maximum absolute atomic E-state index is 13.0. The minimum atomic E-state index is -0.291. The molecule has 3 aromatic rings. The van der Waals surface area contributed by atoms with Crippen LogP contribution in [0.4, 0.5) is 16.0 Å². The lowest BCUT2D eigenvalue weighted by atomic mass is 10.3. The van der Waals surface area contributed by atoms with Gasteiger partial charge in [0.1, 0.15) is 5.82 Å². The van der Waals surface area contributed by atoms with Crippen molar-refractivity contribution in [1.82, 2.24) is 9.97 Å². The van der Waals surface area contributed by atoms with Crippen LogP contribution in [0.25, 0.3) is 11.0 Å². The van der Waals surface area contributed by atoms with Crippen LogP contribution in [0.15, 0.2) is 42.5 Å². The number of anilines is 2. The number of benzene rings is 2. The molecule has 3 rings (SSSR count). The Kier molecular flexibility index (Phi) is 2.64. The number of hydrogen-bond acceptors (Lipinski definition) is 2. The van der Waals surface area contributed by atoms with Crippen LogP contribution in [-0.2, 0) is 0 Å². The molecular formula is C13H9ClFN3. The second-order valence-corrected chi connectivity index (χ2v) is 4.32. The summed E-state index contributed by atoms with van der Waals surface area (Å²) < 4.78 is 13.0. The Morgan fingerprint density at radius 2 is 2.06 bits per heavy atom. The zero-order chi connectivity index (χ0) is 12.5. The molecular weight excluding hydrogens is 253 g/mol. The Hall–Kier alpha value is -2.07. The Labute approximate surface area is 108 Å². The molecule has 2 aromatic carbocycles. The number of imidazole rings is 1. The van der Waals surface area contributed by atoms with Crippen molar-refractivity contribution in [2.45, 2.75) is 0 Å². The van der Waals surface area contributed by atoms with Crippen molar-refractivity contribution in [2.75, 3.05) is 5.32 Å². The highest BCUT2D eigenvalue weighted by atomic mass is 35.5. The van der Waals surface area contributed by atoms with Crippen molar-refractivity contribution in [3.05, 3.63) is 53.3 Å². The van der Waals surface area contributed by atoms with Crippen LogP contribution in [-0.4, -0.2) is 9.97 Å². The van der Waals surface area contributed by atoms with E-state index >= 15 is 0 Å². The van der Waals surface area contributed by atoms with Gasteiger partial charge in [-0.05, 0) is 36.4 Å². The minimum Gasteiger partial charge on any atom is -0.326 e. The molecule has 5 heteroatoms. The standard InChI is InChI=1S/C13H9ClFN3/c14-8-2-1-3-10(6-8)16-13-17-11-5-4-9(15)7-12(11)18-13/h1-7H,(H2,16,17,18). The molecule has 0 atom stereocenters. The largest absolute Gasteiger partial charge is 0.326 e. The summed E-state index contributed by atoms with van der Waals surface area (Å²) >= 11 is 5.89. The maximum atomic E-state index is 13.0. The Morgan fingerprint density at radius 3 is 2.89 bits per heavy atom. The van der Waals surface area contributed by atoms with Gasteiger partial charge < -0.3 is 10.3 Å². The number of fused-ring (bicyclic) bond motifs is 1. The van der Waals surface area contributed by atoms with Gasteiger partial charge in [-0.3, -0.25) is 0 Å². The van der Waals surface area contributed by atoms with Crippen LogP contribution in [0.1, 0.15) is 0 Å². The van der Waals surface area contributed by atoms with E-state index in [2.05, 4.69) is 15.3 Å². The maximum Gasteiger partial charge on any atom is 0.205 e. The molecule has 0 aliphatic carbocycles. The molecule has 0 bridgehead atoms. The molecule has 0 saturated carbocycles. The fraction of sp³-hybridized carbons (Fsp3) is 0. The van der Waals surface area contributed by atoms with Gasteiger partial charge in [0.15, 0.2) is 0 Å². The molecule has 90 valence electrons. The van der Waals surface area contributed by atoms with E-state index in [4.69, 9.17) is 11.6 Å². The topological polar surface area (TPSA) is 40.7 Å². The molecule has 0 unspecified atom stereocenters. The zero-order valence-corrected chi connectivity index (χ0v) is 10.0. The zero-order valence-electron chi connectivity index (χ0n) is 9.24. The van der Waals surface area contributed by atoms with Crippen LogP contribution < -0.4 is 5.32 Å². The number of rotatable bonds is 2. The molecule has 0 amide bonds. The molecule has 0 aliphatic rings. The number of aromatic amines is 1. The van der Waals surface area contributed by atoms with Crippen molar-refractivity contribution in [3.63, 3.8) is 0 Å². The molecule has 0 radical (unpaired) electrons. The Balaban J connectivity index is 1.95. The van der Waals surface area contributed by atoms with Gasteiger partial charge in [-0.2, -0.15) is 0 Å². The van der Waals surface area contributed by atoms with Crippen LogP contribution in [0.2, 0.25) is 5.02 Å². The highest BCUT2D eigenvalue weighted by molar-refractivity contribution is 6.30. The molecule has 0 spiro atoms. The van der Waals surface area contributed by atoms with Crippen LogP contribution in [0.5, 0.6) is 0 Å². The number of hydrogen-bond donors (Lipinski definition) is 2. The van der Waals surface area contributed by atoms with Crippen molar-refractivity contribution in [1.29, 1.82) is 0 Å². The first-order valence-electron chi connectivity index (χ1n) is 5.38. The molecule has 2 N–H and O–H groups in total. The third kappa shape index (κ3) is 2.15. The van der Waals surface area contributed by atoms with Gasteiger partial charge >= 0.3 is 0 Å². The third-order valence-corrected chi connectivity index (χ3v) is 2.77. The average Bonchev–Trinajstić information content (AvgIpc) is 2.70. The first-order valence-corrected chi connectivity index (χ1v) is 5.76. The van der Waals surface area contributed by atoms with Crippen LogP contribution >= 0.6 is 11.6 Å². The SMILES string of the molecule is Fc1ccc2nc(Nc3cccc(Cl)c3)[nH]c2c1. The van der Waals surface area contributed by atoms with Crippen LogP contribution in [0.3, 0.4) is 0 Å². The monoisotopic (exact) mass is 261 g/mol. The molecule has 0 aliphatic heterocycles. The first-order chi connectivity index (χ1) is 8.70. The average molecular weight is 262 g/mol. The lowest BCUT2D eigenvalue weighted by Crippen LogP contribution is -1.91. The highest BCUT2D eigenvalue weighted by Crippen LogP contribution is 2.21. The number of aromatic nitrogens is 2. The van der Waals surface area contributed by atoms with Gasteiger partial charge in [-0.15, -0.1) is 0 Å². The summed E-state index contributed by atoms with van der Waals surface area (Å²) in [6.07, 6.45) is 0. The molecule has 1 heterocycles. The molecule has 0 saturated heterocycles. The van der Waals surface area contributed by atoms with E-state index in [1.54, 1.807) is 18.2 Å². The summed E-state index contributed by atoms with van der Waals surface area (Å²) in [6.45, 7) is 0. The van der Waals surface area contributed by atoms with Crippen molar-refractivity contribution >= 4 is 34.3 Å². The van der Waals surface area contributed by atoms with Crippen molar-refractivity contribution in [3.8, 4) is 0 Å². The molecule has 0 fully saturated rings. The number of nitrogens with one attached hydrogen (secondary N) is 2. The normalized spacial score (nSPS) is 10.8. The van der Waals surface area contributed by atoms with E-state index in [-0.39, 0.29) is 5.82 Å². The summed E-state index contributed by atoms with van der Waals surface area (Å²) in [7, 11) is 0. The molecule has 18 heavy (non-hydrogen) atoms. The highest BCUT2D eigenvalue weighted by Gasteiger charge is 2.04. The van der Waals surface area contributed by atoms with Gasteiger partial charge in [0.25, 0.3) is 0 Å². The Bertz CT molecular complexity index is 708. The minimum absolute atomic E-state index is 0.291. The van der Waals surface area contributed by atoms with E-state index in [1.807, 2.05) is 12.1 Å². The van der Waals surface area contributed by atoms with Gasteiger partial charge in [0, 0.05) is 10.7 Å². The van der Waals surface area contributed by atoms with Crippen molar-refractivity contribution < 1.29 is 4.39 Å². The summed E-state index contributed by atoms with van der Waals surface area (Å²) in [6, 6.07) is 11.7. The van der Waals surface area contributed by atoms with Gasteiger partial charge in [-0.25, -0.2) is 9.37 Å². The smallest absolute Gasteiger partial charge is 0.205 e. The van der Waals surface area contributed by atoms with E-state index in [0.717, 1.165) is 5.69 Å². The summed E-state index contributed by atoms with van der Waals surface area (Å²) in [5.41, 5.74) is 2.18. The van der Waals surface area contributed by atoms with Gasteiger partial charge in [0.05, 0.1) is 11.0 Å². The predicted octanol–water partition coefficient (Wildman–Crippen LogP) is 4.10. The third-order valence-electron chi connectivity index (χ3n) is 2.53. The lowest BCUT2D eigenvalue weighted by Gasteiger charge is -2.02. The van der Waals surface area contributed by atoms with Crippen LogP contribution in [0, 0.1) is 5.82 Å². The Morgan fingerprint density at radius 1 is 1.17 bits per heavy atom. The second-order valence-electron chi connectivity index (χ2n) is 3.88. The quantitative estimate of drug-likeness (QED) is 0.729. The predicted molar refractivity (Wildman–Crippen MR) is 70.8 cm³/mol. The number of nitrogens with zero attached hydrogens (tertiary/aromatic N) is 1. The van der Waals surface area contributed by atoms with Crippen molar-refractivity contribution in [2.24, 2.45) is 0 Å². The fourth-order valence-electron chi connectivity index (χ4n) is 1.74. The number of H-pyrrole nitrogens is 1. The second kappa shape index (κ2) is 4.31. The lowest BCUT2D eigenvalue weighted by molar-refractivity contribution is 0.629. The van der Waals surface area contributed by atoms with E-state index in [9.17, 15) is 4.39 Å². The summed E-state index contributed by atoms with van der Waals surface area (Å²) in [4.78, 5) is 7.30. The number of halogens is 2. The van der Waals surface area contributed by atoms with E-state index in [1.165, 1.54) is 12.1 Å². The first kappa shape index (κ1) is 11.0. The fourth-order valence-corrected chi connectivity index (χ4v) is 1.93. The molecule has 1 aromatic heterocycles. The summed E-state index contributed by atoms with van der Waals surface area (Å²) in [5, 5.41) is 3.72.